The molecule has 0 aliphatic rings. The van der Waals surface area contributed by atoms with E-state index in [1.165, 1.54) is 23.9 Å². The Labute approximate surface area is 180 Å². The van der Waals surface area contributed by atoms with E-state index < -0.39 is 15.9 Å². The Morgan fingerprint density at radius 3 is 2.33 bits per heavy atom. The highest BCUT2D eigenvalue weighted by Crippen LogP contribution is 2.20. The van der Waals surface area contributed by atoms with Crippen LogP contribution in [-0.2, 0) is 22.8 Å². The van der Waals surface area contributed by atoms with E-state index >= 15 is 0 Å². The highest BCUT2D eigenvalue weighted by atomic mass is 32.2. The van der Waals surface area contributed by atoms with E-state index in [0.29, 0.717) is 17.2 Å². The van der Waals surface area contributed by atoms with Gasteiger partial charge in [0.15, 0.2) is 5.16 Å². The Morgan fingerprint density at radius 1 is 1.10 bits per heavy atom. The summed E-state index contributed by atoms with van der Waals surface area (Å²) in [6.45, 7) is 4.06. The van der Waals surface area contributed by atoms with Gasteiger partial charge in [0, 0.05) is 18.4 Å². The third-order valence-electron chi connectivity index (χ3n) is 4.41. The second-order valence-corrected chi connectivity index (χ2v) is 9.62. The molecule has 0 aliphatic heterocycles. The molecule has 0 saturated heterocycles. The Morgan fingerprint density at radius 2 is 1.77 bits per heavy atom. The number of carbonyl (C=O) groups excluding carboxylic acids is 1. The van der Waals surface area contributed by atoms with Crippen molar-refractivity contribution in [3.8, 4) is 0 Å². The molecule has 0 saturated carbocycles. The van der Waals surface area contributed by atoms with Gasteiger partial charge in [-0.05, 0) is 41.3 Å². The van der Waals surface area contributed by atoms with Crippen LogP contribution in [0.15, 0.2) is 64.9 Å². The van der Waals surface area contributed by atoms with Gasteiger partial charge in [-0.15, -0.1) is 15.0 Å². The lowest BCUT2D eigenvalue weighted by molar-refractivity contribution is 0.0945. The minimum absolute atomic E-state index is 0.0864. The van der Waals surface area contributed by atoms with Gasteiger partial charge in [-0.25, -0.2) is 8.42 Å². The molecule has 0 unspecified atom stereocenters. The van der Waals surface area contributed by atoms with E-state index in [4.69, 9.17) is 0 Å². The van der Waals surface area contributed by atoms with Crippen molar-refractivity contribution < 1.29 is 13.2 Å². The molecule has 8 nitrogen and oxygen atoms in total. The van der Waals surface area contributed by atoms with Gasteiger partial charge >= 0.3 is 0 Å². The molecule has 0 bridgehead atoms. The van der Waals surface area contributed by atoms with Gasteiger partial charge in [-0.3, -0.25) is 10.2 Å². The number of benzene rings is 2. The van der Waals surface area contributed by atoms with E-state index in [1.807, 2.05) is 37.6 Å². The van der Waals surface area contributed by atoms with Crippen LogP contribution in [-0.4, -0.2) is 29.1 Å². The van der Waals surface area contributed by atoms with Crippen molar-refractivity contribution in [3.63, 3.8) is 0 Å². The molecule has 158 valence electrons. The summed E-state index contributed by atoms with van der Waals surface area (Å²) in [5.41, 5.74) is 4.64. The molecule has 0 atom stereocenters. The first-order valence-electron chi connectivity index (χ1n) is 9.24. The second-order valence-electron chi connectivity index (χ2n) is 6.99. The van der Waals surface area contributed by atoms with Crippen LogP contribution in [0.2, 0.25) is 0 Å². The van der Waals surface area contributed by atoms with Gasteiger partial charge < -0.3 is 4.57 Å². The van der Waals surface area contributed by atoms with E-state index in [9.17, 15) is 13.2 Å². The molecule has 2 aromatic carbocycles. The second kappa shape index (κ2) is 9.41. The average molecular weight is 446 g/mol. The quantitative estimate of drug-likeness (QED) is 0.408. The number of nitrogens with one attached hydrogen (secondary N) is 2. The number of aryl methyl sites for hydroxylation is 1. The van der Waals surface area contributed by atoms with Crippen molar-refractivity contribution in [2.24, 2.45) is 7.05 Å². The lowest BCUT2D eigenvalue weighted by atomic mass is 10.0. The maximum atomic E-state index is 12.4. The molecular formula is C20H23N5O3S2. The van der Waals surface area contributed by atoms with Gasteiger partial charge in [-0.2, -0.15) is 0 Å². The molecule has 1 aromatic heterocycles. The molecule has 3 aromatic rings. The summed E-state index contributed by atoms with van der Waals surface area (Å²) in [7, 11) is -1.98. The van der Waals surface area contributed by atoms with E-state index in [0.717, 1.165) is 16.3 Å². The summed E-state index contributed by atoms with van der Waals surface area (Å²) in [5.74, 6) is 0.439. The maximum absolute atomic E-state index is 12.4. The molecule has 1 heterocycles. The molecule has 0 aliphatic carbocycles. The summed E-state index contributed by atoms with van der Waals surface area (Å²) < 4.78 is 26.6. The first kappa shape index (κ1) is 22.0. The van der Waals surface area contributed by atoms with Crippen LogP contribution in [0.5, 0.6) is 0 Å². The van der Waals surface area contributed by atoms with Crippen LogP contribution in [0.4, 0.5) is 0 Å². The normalized spacial score (nSPS) is 11.6. The van der Waals surface area contributed by atoms with Gasteiger partial charge in [0.05, 0.1) is 4.90 Å². The monoisotopic (exact) mass is 445 g/mol. The molecule has 3 rings (SSSR count). The average Bonchev–Trinajstić information content (AvgIpc) is 3.15. The number of sulfonamides is 1. The number of carbonyl (C=O) groups is 1. The smallest absolute Gasteiger partial charge is 0.266 e. The summed E-state index contributed by atoms with van der Waals surface area (Å²) >= 11 is 1.53. The van der Waals surface area contributed by atoms with E-state index in [-0.39, 0.29) is 4.90 Å². The first-order valence-corrected chi connectivity index (χ1v) is 11.7. The minimum atomic E-state index is -3.85. The standard InChI is InChI=1S/C20H23N5O3S2/c1-14(2)16-8-10-18(11-9-16)30(27,28)24-22-19(26)17-6-4-15(5-7-17)12-29-20-23-21-13-25(20)3/h4-11,13-14,24H,12H2,1-3H3,(H,22,26). The van der Waals surface area contributed by atoms with Crippen LogP contribution in [0.25, 0.3) is 0 Å². The predicted octanol–water partition coefficient (Wildman–Crippen LogP) is 2.85. The highest BCUT2D eigenvalue weighted by molar-refractivity contribution is 7.98. The lowest BCUT2D eigenvalue weighted by Gasteiger charge is -2.10. The zero-order valence-electron chi connectivity index (χ0n) is 16.9. The molecule has 0 radical (unpaired) electrons. The zero-order valence-corrected chi connectivity index (χ0v) is 18.5. The number of aromatic nitrogens is 3. The fourth-order valence-corrected chi connectivity index (χ4v) is 4.26. The van der Waals surface area contributed by atoms with Gasteiger partial charge in [-0.1, -0.05) is 49.9 Å². The van der Waals surface area contributed by atoms with Crippen LogP contribution >= 0.6 is 11.8 Å². The number of nitrogens with zero attached hydrogens (tertiary/aromatic N) is 3. The molecule has 1 amide bonds. The molecule has 2 N–H and O–H groups in total. The van der Waals surface area contributed by atoms with Crippen molar-refractivity contribution in [2.75, 3.05) is 0 Å². The summed E-state index contributed by atoms with van der Waals surface area (Å²) in [5, 5.41) is 8.64. The van der Waals surface area contributed by atoms with Crippen LogP contribution < -0.4 is 10.3 Å². The predicted molar refractivity (Wildman–Crippen MR) is 115 cm³/mol. The van der Waals surface area contributed by atoms with Crippen molar-refractivity contribution in [3.05, 3.63) is 71.5 Å². The third kappa shape index (κ3) is 5.47. The summed E-state index contributed by atoms with van der Waals surface area (Å²) in [4.78, 5) is 14.5. The van der Waals surface area contributed by atoms with Gasteiger partial charge in [0.2, 0.25) is 0 Å². The topological polar surface area (TPSA) is 106 Å². The summed E-state index contributed by atoms with van der Waals surface area (Å²) in [6, 6.07) is 13.5. The number of amides is 1. The van der Waals surface area contributed by atoms with Crippen LogP contribution in [0.1, 0.15) is 41.3 Å². The Kier molecular flexibility index (Phi) is 6.91. The van der Waals surface area contributed by atoms with Crippen LogP contribution in [0.3, 0.4) is 0 Å². The third-order valence-corrected chi connectivity index (χ3v) is 6.78. The van der Waals surface area contributed by atoms with Gasteiger partial charge in [0.1, 0.15) is 6.33 Å². The Hall–Kier alpha value is -2.69. The Balaban J connectivity index is 1.56. The molecule has 0 fully saturated rings. The van der Waals surface area contributed by atoms with E-state index in [2.05, 4.69) is 20.5 Å². The zero-order chi connectivity index (χ0) is 21.7. The van der Waals surface area contributed by atoms with Crippen molar-refractivity contribution >= 4 is 27.7 Å². The fraction of sp³-hybridized carbons (Fsp3) is 0.250. The highest BCUT2D eigenvalue weighted by Gasteiger charge is 2.16. The van der Waals surface area contributed by atoms with Crippen molar-refractivity contribution in [1.29, 1.82) is 0 Å². The number of hydrogen-bond donors (Lipinski definition) is 2. The first-order chi connectivity index (χ1) is 14.3. The fourth-order valence-electron chi connectivity index (χ4n) is 2.58. The van der Waals surface area contributed by atoms with Crippen molar-refractivity contribution in [1.82, 2.24) is 25.0 Å². The number of rotatable bonds is 8. The lowest BCUT2D eigenvalue weighted by Crippen LogP contribution is -2.41. The molecule has 0 spiro atoms. The molecule has 10 heteroatoms. The van der Waals surface area contributed by atoms with Crippen molar-refractivity contribution in [2.45, 2.75) is 35.6 Å². The molecular weight excluding hydrogens is 422 g/mol. The number of hydrogen-bond acceptors (Lipinski definition) is 6. The van der Waals surface area contributed by atoms with Crippen LogP contribution in [0, 0.1) is 0 Å². The number of thioether (sulfide) groups is 1. The van der Waals surface area contributed by atoms with Gasteiger partial charge in [0.25, 0.3) is 15.9 Å². The SMILES string of the molecule is CC(C)c1ccc(S(=O)(=O)NNC(=O)c2ccc(CSc3nncn3C)cc2)cc1. The Bertz CT molecular complexity index is 1110. The number of hydrazine groups is 1. The maximum Gasteiger partial charge on any atom is 0.266 e. The molecule has 30 heavy (non-hydrogen) atoms. The largest absolute Gasteiger partial charge is 0.312 e. The summed E-state index contributed by atoms with van der Waals surface area (Å²) in [6.07, 6.45) is 1.63. The minimum Gasteiger partial charge on any atom is -0.312 e. The van der Waals surface area contributed by atoms with E-state index in [1.54, 1.807) is 30.6 Å².